The molecule has 1 aliphatic rings. The largest absolute Gasteiger partial charge is 0.354 e. The van der Waals surface area contributed by atoms with Gasteiger partial charge in [-0.2, -0.15) is 0 Å². The maximum Gasteiger partial charge on any atom is 0.220 e. The maximum atomic E-state index is 11.8. The number of rotatable bonds is 7. The van der Waals surface area contributed by atoms with Gasteiger partial charge in [0.2, 0.25) is 5.91 Å². The minimum Gasteiger partial charge on any atom is -0.354 e. The number of aromatic nitrogens is 3. The molecule has 1 fully saturated rings. The van der Waals surface area contributed by atoms with E-state index in [0.717, 1.165) is 31.9 Å². The van der Waals surface area contributed by atoms with E-state index in [9.17, 15) is 4.79 Å². The topological polar surface area (TPSA) is 71.8 Å². The Balaban J connectivity index is 1.64. The minimum atomic E-state index is 0.149. The van der Waals surface area contributed by atoms with Gasteiger partial charge in [0.15, 0.2) is 0 Å². The van der Waals surface area contributed by atoms with Crippen LogP contribution in [-0.2, 0) is 11.3 Å². The second-order valence-electron chi connectivity index (χ2n) is 5.78. The first-order valence-electron chi connectivity index (χ1n) is 7.52. The van der Waals surface area contributed by atoms with Crippen molar-refractivity contribution in [3.63, 3.8) is 0 Å². The lowest BCUT2D eigenvalue weighted by Crippen LogP contribution is -2.28. The van der Waals surface area contributed by atoms with Crippen LogP contribution in [0.15, 0.2) is 6.33 Å². The monoisotopic (exact) mass is 279 g/mol. The molecule has 2 heterocycles. The number of amides is 1. The van der Waals surface area contributed by atoms with Crippen LogP contribution in [0.2, 0.25) is 0 Å². The van der Waals surface area contributed by atoms with Crippen molar-refractivity contribution in [2.75, 3.05) is 19.6 Å². The minimum absolute atomic E-state index is 0.149. The van der Waals surface area contributed by atoms with Crippen molar-refractivity contribution < 1.29 is 4.79 Å². The molecule has 112 valence electrons. The van der Waals surface area contributed by atoms with E-state index in [0.29, 0.717) is 24.8 Å². The highest BCUT2D eigenvalue weighted by molar-refractivity contribution is 5.75. The number of hydrogen-bond acceptors (Lipinski definition) is 4. The second kappa shape index (κ2) is 7.38. The molecule has 0 radical (unpaired) electrons. The van der Waals surface area contributed by atoms with E-state index in [1.807, 2.05) is 4.57 Å². The normalized spacial score (nSPS) is 18.6. The molecule has 6 nitrogen and oxygen atoms in total. The van der Waals surface area contributed by atoms with Crippen LogP contribution >= 0.6 is 0 Å². The SMILES string of the molecule is CC(C)c1nncn1CCNC(=O)CCC1CCNC1. The summed E-state index contributed by atoms with van der Waals surface area (Å²) in [6, 6.07) is 0. The molecular formula is C14H25N5O. The number of carbonyl (C=O) groups is 1. The Bertz CT molecular complexity index is 423. The first-order valence-corrected chi connectivity index (χ1v) is 7.52. The van der Waals surface area contributed by atoms with Crippen molar-refractivity contribution >= 4 is 5.91 Å². The first kappa shape index (κ1) is 15.0. The fourth-order valence-corrected chi connectivity index (χ4v) is 2.58. The van der Waals surface area contributed by atoms with Crippen molar-refractivity contribution in [3.05, 3.63) is 12.2 Å². The van der Waals surface area contributed by atoms with Gasteiger partial charge in [-0.15, -0.1) is 10.2 Å². The van der Waals surface area contributed by atoms with Crippen molar-refractivity contribution in [1.29, 1.82) is 0 Å². The molecule has 0 aromatic carbocycles. The number of hydrogen-bond donors (Lipinski definition) is 2. The Morgan fingerprint density at radius 3 is 3.15 bits per heavy atom. The van der Waals surface area contributed by atoms with E-state index in [2.05, 4.69) is 34.7 Å². The molecule has 1 aromatic rings. The van der Waals surface area contributed by atoms with Gasteiger partial charge in [0.1, 0.15) is 12.2 Å². The van der Waals surface area contributed by atoms with Gasteiger partial charge >= 0.3 is 0 Å². The van der Waals surface area contributed by atoms with Crippen molar-refractivity contribution in [1.82, 2.24) is 25.4 Å². The summed E-state index contributed by atoms with van der Waals surface area (Å²) in [6.07, 6.45) is 4.55. The van der Waals surface area contributed by atoms with Gasteiger partial charge in [-0.1, -0.05) is 13.8 Å². The third-order valence-corrected chi connectivity index (χ3v) is 3.78. The summed E-state index contributed by atoms with van der Waals surface area (Å²) in [5, 5.41) is 14.3. The van der Waals surface area contributed by atoms with Crippen LogP contribution in [0.1, 0.15) is 44.9 Å². The lowest BCUT2D eigenvalue weighted by Gasteiger charge is -2.11. The fourth-order valence-electron chi connectivity index (χ4n) is 2.58. The first-order chi connectivity index (χ1) is 9.66. The Morgan fingerprint density at radius 2 is 2.45 bits per heavy atom. The lowest BCUT2D eigenvalue weighted by molar-refractivity contribution is -0.121. The summed E-state index contributed by atoms with van der Waals surface area (Å²) >= 11 is 0. The summed E-state index contributed by atoms with van der Waals surface area (Å²) in [5.41, 5.74) is 0. The Labute approximate surface area is 120 Å². The van der Waals surface area contributed by atoms with Gasteiger partial charge in [-0.05, 0) is 31.8 Å². The zero-order valence-electron chi connectivity index (χ0n) is 12.4. The van der Waals surface area contributed by atoms with E-state index in [4.69, 9.17) is 0 Å². The summed E-state index contributed by atoms with van der Waals surface area (Å²) in [6.45, 7) is 7.71. The van der Waals surface area contributed by atoms with Crippen molar-refractivity contribution in [2.24, 2.45) is 5.92 Å². The van der Waals surface area contributed by atoms with E-state index < -0.39 is 0 Å². The van der Waals surface area contributed by atoms with Gasteiger partial charge in [0, 0.05) is 25.4 Å². The number of nitrogens with zero attached hydrogens (tertiary/aromatic N) is 3. The lowest BCUT2D eigenvalue weighted by atomic mass is 10.0. The zero-order valence-corrected chi connectivity index (χ0v) is 12.4. The van der Waals surface area contributed by atoms with Crippen molar-refractivity contribution in [3.8, 4) is 0 Å². The summed E-state index contributed by atoms with van der Waals surface area (Å²) in [5.74, 6) is 2.14. The number of nitrogens with one attached hydrogen (secondary N) is 2. The molecule has 0 saturated carbocycles. The summed E-state index contributed by atoms with van der Waals surface area (Å²) in [4.78, 5) is 11.8. The Morgan fingerprint density at radius 1 is 1.60 bits per heavy atom. The molecule has 1 amide bonds. The van der Waals surface area contributed by atoms with Gasteiger partial charge < -0.3 is 15.2 Å². The molecule has 6 heteroatoms. The summed E-state index contributed by atoms with van der Waals surface area (Å²) < 4.78 is 2.01. The average molecular weight is 279 g/mol. The van der Waals surface area contributed by atoms with E-state index in [1.54, 1.807) is 6.33 Å². The van der Waals surface area contributed by atoms with Gasteiger partial charge in [0.05, 0.1) is 0 Å². The van der Waals surface area contributed by atoms with Crippen LogP contribution in [-0.4, -0.2) is 40.3 Å². The highest BCUT2D eigenvalue weighted by Crippen LogP contribution is 2.14. The predicted molar refractivity (Wildman–Crippen MR) is 77.3 cm³/mol. The zero-order chi connectivity index (χ0) is 14.4. The molecule has 20 heavy (non-hydrogen) atoms. The molecule has 2 rings (SSSR count). The molecule has 1 atom stereocenters. The van der Waals surface area contributed by atoms with Crippen LogP contribution < -0.4 is 10.6 Å². The molecule has 1 aromatic heterocycles. The van der Waals surface area contributed by atoms with Crippen molar-refractivity contribution in [2.45, 2.75) is 45.6 Å². The number of carbonyl (C=O) groups excluding carboxylic acids is 1. The molecule has 1 aliphatic heterocycles. The molecule has 0 bridgehead atoms. The van der Waals surface area contributed by atoms with Crippen LogP contribution in [0.25, 0.3) is 0 Å². The molecule has 1 unspecified atom stereocenters. The Kier molecular flexibility index (Phi) is 5.52. The van der Waals surface area contributed by atoms with E-state index in [-0.39, 0.29) is 5.91 Å². The smallest absolute Gasteiger partial charge is 0.220 e. The third kappa shape index (κ3) is 4.30. The Hall–Kier alpha value is -1.43. The standard InChI is InChI=1S/C14H25N5O/c1-11(2)14-18-17-10-19(14)8-7-16-13(20)4-3-12-5-6-15-9-12/h10-12,15H,3-9H2,1-2H3,(H,16,20). The van der Waals surface area contributed by atoms with Gasteiger partial charge in [-0.25, -0.2) is 0 Å². The van der Waals surface area contributed by atoms with Crippen LogP contribution in [0.5, 0.6) is 0 Å². The maximum absolute atomic E-state index is 11.8. The quantitative estimate of drug-likeness (QED) is 0.778. The van der Waals surface area contributed by atoms with Gasteiger partial charge in [-0.3, -0.25) is 4.79 Å². The molecule has 1 saturated heterocycles. The predicted octanol–water partition coefficient (Wildman–Crippen LogP) is 0.907. The molecule has 2 N–H and O–H groups in total. The second-order valence-corrected chi connectivity index (χ2v) is 5.78. The molecule has 0 aliphatic carbocycles. The highest BCUT2D eigenvalue weighted by Gasteiger charge is 2.15. The van der Waals surface area contributed by atoms with Gasteiger partial charge in [0.25, 0.3) is 0 Å². The third-order valence-electron chi connectivity index (χ3n) is 3.78. The average Bonchev–Trinajstić information content (AvgIpc) is 3.07. The molecular weight excluding hydrogens is 254 g/mol. The highest BCUT2D eigenvalue weighted by atomic mass is 16.1. The van der Waals surface area contributed by atoms with Crippen LogP contribution in [0.4, 0.5) is 0 Å². The van der Waals surface area contributed by atoms with E-state index >= 15 is 0 Å². The van der Waals surface area contributed by atoms with E-state index in [1.165, 1.54) is 6.42 Å². The van der Waals surface area contributed by atoms with Crippen LogP contribution in [0.3, 0.4) is 0 Å². The van der Waals surface area contributed by atoms with Crippen LogP contribution in [0, 0.1) is 5.92 Å². The fraction of sp³-hybridized carbons (Fsp3) is 0.786. The molecule has 0 spiro atoms. The summed E-state index contributed by atoms with van der Waals surface area (Å²) in [7, 11) is 0.